The highest BCUT2D eigenvalue weighted by Gasteiger charge is 2.32. The Hall–Kier alpha value is -2.59. The van der Waals surface area contributed by atoms with Crippen LogP contribution in [-0.2, 0) is 26.2 Å². The summed E-state index contributed by atoms with van der Waals surface area (Å²) in [5, 5.41) is 3.28. The van der Waals surface area contributed by atoms with Crippen LogP contribution in [-0.4, -0.2) is 44.8 Å². The number of carbonyl (C=O) groups excluding carboxylic acids is 2. The lowest BCUT2D eigenvalue weighted by Gasteiger charge is -2.32. The molecule has 0 saturated carbocycles. The van der Waals surface area contributed by atoms with E-state index in [0.717, 1.165) is 4.31 Å². The minimum atomic E-state index is -4.12. The summed E-state index contributed by atoms with van der Waals surface area (Å²) in [5.74, 6) is -0.995. The highest BCUT2D eigenvalue weighted by Crippen LogP contribution is 2.28. The number of benzene rings is 3. The lowest BCUT2D eigenvalue weighted by molar-refractivity contribution is -0.139. The third-order valence-electron chi connectivity index (χ3n) is 5.48. The van der Waals surface area contributed by atoms with E-state index in [2.05, 4.69) is 21.2 Å². The predicted molar refractivity (Wildman–Crippen MR) is 146 cm³/mol. The van der Waals surface area contributed by atoms with Crippen molar-refractivity contribution in [3.63, 3.8) is 0 Å². The Bertz CT molecular complexity index is 1360. The molecule has 7 nitrogen and oxygen atoms in total. The van der Waals surface area contributed by atoms with Gasteiger partial charge in [0.15, 0.2) is 0 Å². The molecule has 1 atom stereocenters. The summed E-state index contributed by atoms with van der Waals surface area (Å²) in [6, 6.07) is 18.4. The van der Waals surface area contributed by atoms with Gasteiger partial charge in [-0.3, -0.25) is 13.9 Å². The molecule has 2 amide bonds. The van der Waals surface area contributed by atoms with Crippen LogP contribution in [0.1, 0.15) is 12.5 Å². The van der Waals surface area contributed by atoms with E-state index in [0.29, 0.717) is 25.8 Å². The molecular formula is C25H24BrCl2N3O4S. The Morgan fingerprint density at radius 3 is 2.31 bits per heavy atom. The number of anilines is 1. The summed E-state index contributed by atoms with van der Waals surface area (Å²) >= 11 is 15.7. The molecule has 1 N–H and O–H groups in total. The zero-order valence-electron chi connectivity index (χ0n) is 19.5. The molecule has 0 aliphatic heterocycles. The van der Waals surface area contributed by atoms with Crippen LogP contribution in [0.5, 0.6) is 0 Å². The molecule has 0 aromatic heterocycles. The Balaban J connectivity index is 2.04. The number of nitrogens with zero attached hydrogens (tertiary/aromatic N) is 2. The summed E-state index contributed by atoms with van der Waals surface area (Å²) in [5.41, 5.74) is 0.851. The maximum atomic E-state index is 13.7. The first kappa shape index (κ1) is 28.0. The van der Waals surface area contributed by atoms with Crippen molar-refractivity contribution in [3.8, 4) is 0 Å². The van der Waals surface area contributed by atoms with Gasteiger partial charge in [-0.2, -0.15) is 0 Å². The molecule has 0 radical (unpaired) electrons. The molecule has 0 bridgehead atoms. The second kappa shape index (κ2) is 12.1. The highest BCUT2D eigenvalue weighted by molar-refractivity contribution is 9.10. The normalized spacial score (nSPS) is 12.0. The van der Waals surface area contributed by atoms with Crippen molar-refractivity contribution in [2.45, 2.75) is 24.4 Å². The summed E-state index contributed by atoms with van der Waals surface area (Å²) in [6.45, 7) is 0.997. The molecule has 1 unspecified atom stereocenters. The number of hydrogen-bond donors (Lipinski definition) is 1. The molecule has 3 aromatic rings. The summed E-state index contributed by atoms with van der Waals surface area (Å²) < 4.78 is 28.9. The average Bonchev–Trinajstić information content (AvgIpc) is 2.86. The van der Waals surface area contributed by atoms with Gasteiger partial charge in [0.1, 0.15) is 12.6 Å². The largest absolute Gasteiger partial charge is 0.357 e. The number of rotatable bonds is 9. The summed E-state index contributed by atoms with van der Waals surface area (Å²) in [6.07, 6.45) is 0. The number of nitrogens with one attached hydrogen (secondary N) is 1. The van der Waals surface area contributed by atoms with Crippen LogP contribution in [0.25, 0.3) is 0 Å². The lowest BCUT2D eigenvalue weighted by Crippen LogP contribution is -2.50. The minimum Gasteiger partial charge on any atom is -0.357 e. The van der Waals surface area contributed by atoms with Gasteiger partial charge < -0.3 is 10.2 Å². The summed E-state index contributed by atoms with van der Waals surface area (Å²) in [7, 11) is -2.65. The van der Waals surface area contributed by atoms with Crippen molar-refractivity contribution in [1.82, 2.24) is 10.2 Å². The Labute approximate surface area is 229 Å². The van der Waals surface area contributed by atoms with Gasteiger partial charge in [-0.1, -0.05) is 69.5 Å². The maximum Gasteiger partial charge on any atom is 0.264 e. The number of likely N-dealkylation sites (N-methyl/N-ethyl adjacent to an activating group) is 1. The van der Waals surface area contributed by atoms with E-state index >= 15 is 0 Å². The number of hydrogen-bond acceptors (Lipinski definition) is 4. The van der Waals surface area contributed by atoms with Crippen LogP contribution >= 0.6 is 39.1 Å². The number of sulfonamides is 1. The lowest BCUT2D eigenvalue weighted by atomic mass is 10.1. The highest BCUT2D eigenvalue weighted by atomic mass is 79.9. The van der Waals surface area contributed by atoms with Crippen molar-refractivity contribution < 1.29 is 18.0 Å². The van der Waals surface area contributed by atoms with Crippen molar-refractivity contribution in [2.24, 2.45) is 0 Å². The van der Waals surface area contributed by atoms with Gasteiger partial charge in [0.25, 0.3) is 10.0 Å². The topological polar surface area (TPSA) is 86.8 Å². The monoisotopic (exact) mass is 611 g/mol. The molecule has 190 valence electrons. The van der Waals surface area contributed by atoms with E-state index in [-0.39, 0.29) is 11.4 Å². The van der Waals surface area contributed by atoms with Crippen LogP contribution in [0.4, 0.5) is 5.69 Å². The van der Waals surface area contributed by atoms with E-state index in [4.69, 9.17) is 23.2 Å². The zero-order chi connectivity index (χ0) is 26.5. The summed E-state index contributed by atoms with van der Waals surface area (Å²) in [4.78, 5) is 27.5. The Morgan fingerprint density at radius 1 is 1.00 bits per heavy atom. The van der Waals surface area contributed by atoms with Gasteiger partial charge in [-0.15, -0.1) is 0 Å². The Kier molecular flexibility index (Phi) is 9.41. The second-order valence-corrected chi connectivity index (χ2v) is 11.5. The first-order valence-corrected chi connectivity index (χ1v) is 13.8. The van der Waals surface area contributed by atoms with Crippen molar-refractivity contribution in [1.29, 1.82) is 0 Å². The maximum absolute atomic E-state index is 13.7. The quantitative estimate of drug-likeness (QED) is 0.364. The van der Waals surface area contributed by atoms with Gasteiger partial charge in [-0.05, 0) is 55.0 Å². The zero-order valence-corrected chi connectivity index (χ0v) is 23.4. The molecule has 0 spiro atoms. The van der Waals surface area contributed by atoms with Crippen molar-refractivity contribution in [2.75, 3.05) is 17.9 Å². The van der Waals surface area contributed by atoms with E-state index in [9.17, 15) is 18.0 Å². The fourth-order valence-electron chi connectivity index (χ4n) is 3.50. The molecule has 0 aliphatic carbocycles. The Morgan fingerprint density at radius 2 is 1.69 bits per heavy atom. The van der Waals surface area contributed by atoms with Gasteiger partial charge in [0, 0.05) is 28.1 Å². The van der Waals surface area contributed by atoms with Gasteiger partial charge in [-0.25, -0.2) is 8.42 Å². The molecule has 36 heavy (non-hydrogen) atoms. The van der Waals surface area contributed by atoms with Crippen LogP contribution in [0.3, 0.4) is 0 Å². The number of amides is 2. The first-order valence-electron chi connectivity index (χ1n) is 10.8. The van der Waals surface area contributed by atoms with Crippen molar-refractivity contribution >= 4 is 66.7 Å². The smallest absolute Gasteiger partial charge is 0.264 e. The molecule has 0 heterocycles. The molecule has 0 aliphatic rings. The van der Waals surface area contributed by atoms with Gasteiger partial charge >= 0.3 is 0 Å². The SMILES string of the molecule is CNC(=O)C(C)N(Cc1ccc(Cl)cc1Cl)C(=O)CN(c1cccc(Br)c1)S(=O)(=O)c1ccccc1. The van der Waals surface area contributed by atoms with E-state index in [1.807, 2.05) is 0 Å². The minimum absolute atomic E-state index is 0.0267. The van der Waals surface area contributed by atoms with E-state index in [1.54, 1.807) is 67.6 Å². The van der Waals surface area contributed by atoms with Gasteiger partial charge in [0.05, 0.1) is 10.6 Å². The molecule has 11 heteroatoms. The number of halogens is 3. The molecule has 3 aromatic carbocycles. The fraction of sp³-hybridized carbons (Fsp3) is 0.200. The van der Waals surface area contributed by atoms with Crippen LogP contribution in [0.2, 0.25) is 10.0 Å². The van der Waals surface area contributed by atoms with Crippen LogP contribution in [0.15, 0.2) is 82.2 Å². The fourth-order valence-corrected chi connectivity index (χ4v) is 5.79. The first-order chi connectivity index (χ1) is 17.0. The molecular weight excluding hydrogens is 589 g/mol. The van der Waals surface area contributed by atoms with Gasteiger partial charge in [0.2, 0.25) is 11.8 Å². The van der Waals surface area contributed by atoms with E-state index < -0.39 is 34.4 Å². The van der Waals surface area contributed by atoms with Crippen LogP contribution in [0, 0.1) is 0 Å². The molecule has 0 saturated heterocycles. The number of carbonyl (C=O) groups is 2. The standard InChI is InChI=1S/C25H24BrCl2N3O4S/c1-17(25(33)29-2)30(15-18-11-12-20(27)14-23(18)28)24(32)16-31(21-8-6-7-19(26)13-21)36(34,35)22-9-4-3-5-10-22/h3-14,17H,15-16H2,1-2H3,(H,29,33). The molecule has 0 fully saturated rings. The average molecular weight is 613 g/mol. The van der Waals surface area contributed by atoms with Crippen LogP contribution < -0.4 is 9.62 Å². The third-order valence-corrected chi connectivity index (χ3v) is 8.34. The third kappa shape index (κ3) is 6.59. The second-order valence-electron chi connectivity index (χ2n) is 7.85. The molecule has 3 rings (SSSR count). The van der Waals surface area contributed by atoms with E-state index in [1.165, 1.54) is 24.1 Å². The van der Waals surface area contributed by atoms with Crippen molar-refractivity contribution in [3.05, 3.63) is 92.9 Å². The predicted octanol–water partition coefficient (Wildman–Crippen LogP) is 5.11.